The number of amides is 2. The van der Waals surface area contributed by atoms with Gasteiger partial charge < -0.3 is 14.8 Å². The van der Waals surface area contributed by atoms with Gasteiger partial charge in [0.15, 0.2) is 11.5 Å². The van der Waals surface area contributed by atoms with Gasteiger partial charge in [-0.3, -0.25) is 9.59 Å². The van der Waals surface area contributed by atoms with Crippen molar-refractivity contribution in [2.75, 3.05) is 24.4 Å². The predicted octanol–water partition coefficient (Wildman–Crippen LogP) is 4.52. The largest absolute Gasteiger partial charge is 0.493 e. The van der Waals surface area contributed by atoms with Crippen LogP contribution in [-0.4, -0.2) is 26.0 Å². The van der Waals surface area contributed by atoms with E-state index >= 15 is 0 Å². The van der Waals surface area contributed by atoms with Gasteiger partial charge in [-0.05, 0) is 42.0 Å². The Balaban J connectivity index is 1.84. The van der Waals surface area contributed by atoms with Crippen molar-refractivity contribution in [2.45, 2.75) is 0 Å². The molecule has 4 rings (SSSR count). The van der Waals surface area contributed by atoms with Gasteiger partial charge in [0, 0.05) is 17.8 Å². The van der Waals surface area contributed by atoms with Crippen molar-refractivity contribution in [3.05, 3.63) is 89.4 Å². The van der Waals surface area contributed by atoms with E-state index in [1.807, 2.05) is 0 Å². The Hall–Kier alpha value is -4.27. The number of hydrogen-bond acceptors (Lipinski definition) is 5. The van der Waals surface area contributed by atoms with Crippen molar-refractivity contribution < 1.29 is 32.2 Å². The Morgan fingerprint density at radius 2 is 1.42 bits per heavy atom. The topological polar surface area (TPSA) is 67.9 Å². The van der Waals surface area contributed by atoms with Gasteiger partial charge >= 0.3 is 0 Å². The number of hydrogen-bond donors (Lipinski definition) is 1. The summed E-state index contributed by atoms with van der Waals surface area (Å²) in [6.45, 7) is 0. The summed E-state index contributed by atoms with van der Waals surface area (Å²) in [6, 6.07) is 12.0. The van der Waals surface area contributed by atoms with Crippen LogP contribution in [0, 0.1) is 17.5 Å². The number of carbonyl (C=O) groups is 2. The van der Waals surface area contributed by atoms with E-state index < -0.39 is 35.0 Å². The SMILES string of the molecule is COc1ccc(NC2=C(c3ccc(F)cc3)C(=O)N(c3cc(F)ccc3F)C2=O)cc1OC. The molecule has 6 nitrogen and oxygen atoms in total. The number of ether oxygens (including phenoxy) is 2. The number of methoxy groups -OCH3 is 2. The van der Waals surface area contributed by atoms with Gasteiger partial charge in [-0.1, -0.05) is 12.1 Å². The summed E-state index contributed by atoms with van der Waals surface area (Å²) >= 11 is 0. The standard InChI is InChI=1S/C24H17F3N2O4/c1-32-19-10-8-16(12-20(19)33-2)28-22-21(13-3-5-14(25)6-4-13)23(30)29(24(22)31)18-11-15(26)7-9-17(18)27/h3-12,28H,1-2H3. The highest BCUT2D eigenvalue weighted by atomic mass is 19.1. The summed E-state index contributed by atoms with van der Waals surface area (Å²) in [5.41, 5.74) is -0.267. The van der Waals surface area contributed by atoms with E-state index in [2.05, 4.69) is 5.32 Å². The lowest BCUT2D eigenvalue weighted by Crippen LogP contribution is -2.33. The fourth-order valence-corrected chi connectivity index (χ4v) is 3.46. The van der Waals surface area contributed by atoms with E-state index in [0.717, 1.165) is 30.3 Å². The van der Waals surface area contributed by atoms with Crippen LogP contribution in [0.5, 0.6) is 11.5 Å². The van der Waals surface area contributed by atoms with Crippen LogP contribution in [0.1, 0.15) is 5.56 Å². The number of carbonyl (C=O) groups excluding carboxylic acids is 2. The molecule has 1 N–H and O–H groups in total. The molecule has 0 fully saturated rings. The molecule has 1 heterocycles. The molecule has 0 saturated carbocycles. The number of halogens is 3. The van der Waals surface area contributed by atoms with Gasteiger partial charge in [0.25, 0.3) is 11.8 Å². The number of benzene rings is 3. The average Bonchev–Trinajstić information content (AvgIpc) is 3.05. The highest BCUT2D eigenvalue weighted by molar-refractivity contribution is 6.46. The number of nitrogens with one attached hydrogen (secondary N) is 1. The molecule has 9 heteroatoms. The van der Waals surface area contributed by atoms with Gasteiger partial charge in [0.1, 0.15) is 23.1 Å². The third-order valence-electron chi connectivity index (χ3n) is 5.02. The third-order valence-corrected chi connectivity index (χ3v) is 5.02. The Morgan fingerprint density at radius 1 is 0.758 bits per heavy atom. The molecule has 0 aromatic heterocycles. The summed E-state index contributed by atoms with van der Waals surface area (Å²) in [5.74, 6) is -3.32. The average molecular weight is 454 g/mol. The highest BCUT2D eigenvalue weighted by Gasteiger charge is 2.41. The van der Waals surface area contributed by atoms with Crippen molar-refractivity contribution >= 4 is 28.8 Å². The van der Waals surface area contributed by atoms with E-state index in [1.54, 1.807) is 12.1 Å². The predicted molar refractivity (Wildman–Crippen MR) is 115 cm³/mol. The molecule has 3 aromatic rings. The highest BCUT2D eigenvalue weighted by Crippen LogP contribution is 2.36. The monoisotopic (exact) mass is 454 g/mol. The first-order valence-electron chi connectivity index (χ1n) is 9.67. The zero-order valence-electron chi connectivity index (χ0n) is 17.5. The Morgan fingerprint density at radius 3 is 2.09 bits per heavy atom. The molecule has 0 atom stereocenters. The maximum Gasteiger partial charge on any atom is 0.282 e. The van der Waals surface area contributed by atoms with Crippen molar-refractivity contribution in [2.24, 2.45) is 0 Å². The van der Waals surface area contributed by atoms with E-state index in [0.29, 0.717) is 22.1 Å². The summed E-state index contributed by atoms with van der Waals surface area (Å²) in [7, 11) is 2.90. The second-order valence-corrected chi connectivity index (χ2v) is 6.99. The fourth-order valence-electron chi connectivity index (χ4n) is 3.46. The van der Waals surface area contributed by atoms with Gasteiger partial charge in [-0.15, -0.1) is 0 Å². The number of imide groups is 1. The number of anilines is 2. The molecule has 0 spiro atoms. The molecule has 168 valence electrons. The molecule has 1 aliphatic heterocycles. The molecule has 0 saturated heterocycles. The zero-order chi connectivity index (χ0) is 23.7. The summed E-state index contributed by atoms with van der Waals surface area (Å²) < 4.78 is 52.2. The van der Waals surface area contributed by atoms with Crippen LogP contribution in [0.15, 0.2) is 66.4 Å². The van der Waals surface area contributed by atoms with Gasteiger partial charge in [-0.2, -0.15) is 0 Å². The van der Waals surface area contributed by atoms with Crippen molar-refractivity contribution in [3.63, 3.8) is 0 Å². The minimum absolute atomic E-state index is 0.126. The Labute approximate surface area is 186 Å². The number of nitrogens with zero attached hydrogens (tertiary/aromatic N) is 1. The molecular formula is C24H17F3N2O4. The first-order valence-corrected chi connectivity index (χ1v) is 9.67. The molecule has 0 unspecified atom stereocenters. The van der Waals surface area contributed by atoms with Gasteiger partial charge in [0.2, 0.25) is 0 Å². The Kier molecular flexibility index (Phi) is 5.78. The lowest BCUT2D eigenvalue weighted by atomic mass is 10.0. The second kappa shape index (κ2) is 8.70. The van der Waals surface area contributed by atoms with E-state index in [-0.39, 0.29) is 16.8 Å². The minimum Gasteiger partial charge on any atom is -0.493 e. The summed E-state index contributed by atoms with van der Waals surface area (Å²) in [4.78, 5) is 27.1. The lowest BCUT2D eigenvalue weighted by molar-refractivity contribution is -0.120. The molecule has 0 radical (unpaired) electrons. The van der Waals surface area contributed by atoms with Crippen LogP contribution >= 0.6 is 0 Å². The number of rotatable bonds is 6. The van der Waals surface area contributed by atoms with Crippen molar-refractivity contribution in [1.82, 2.24) is 0 Å². The lowest BCUT2D eigenvalue weighted by Gasteiger charge is -2.16. The minimum atomic E-state index is -0.955. The quantitative estimate of drug-likeness (QED) is 0.555. The van der Waals surface area contributed by atoms with Crippen LogP contribution in [0.3, 0.4) is 0 Å². The second-order valence-electron chi connectivity index (χ2n) is 6.99. The van der Waals surface area contributed by atoms with E-state index in [4.69, 9.17) is 9.47 Å². The summed E-state index contributed by atoms with van der Waals surface area (Å²) in [6.07, 6.45) is 0. The molecular weight excluding hydrogens is 437 g/mol. The first kappa shape index (κ1) is 21.9. The molecule has 3 aromatic carbocycles. The van der Waals surface area contributed by atoms with Crippen LogP contribution in [0.4, 0.5) is 24.5 Å². The normalized spacial score (nSPS) is 13.5. The van der Waals surface area contributed by atoms with Gasteiger partial charge in [-0.25, -0.2) is 18.1 Å². The third kappa shape index (κ3) is 4.00. The van der Waals surface area contributed by atoms with Crippen molar-refractivity contribution in [3.8, 4) is 11.5 Å². The van der Waals surface area contributed by atoms with Crippen LogP contribution in [0.2, 0.25) is 0 Å². The first-order chi connectivity index (χ1) is 15.8. The summed E-state index contributed by atoms with van der Waals surface area (Å²) in [5, 5.41) is 2.87. The molecule has 1 aliphatic rings. The van der Waals surface area contributed by atoms with Crippen LogP contribution in [0.25, 0.3) is 5.57 Å². The molecule has 2 amide bonds. The zero-order valence-corrected chi connectivity index (χ0v) is 17.5. The van der Waals surface area contributed by atoms with Gasteiger partial charge in [0.05, 0.1) is 25.5 Å². The maximum absolute atomic E-state index is 14.5. The smallest absolute Gasteiger partial charge is 0.282 e. The van der Waals surface area contributed by atoms with E-state index in [1.165, 1.54) is 32.4 Å². The fraction of sp³-hybridized carbons (Fsp3) is 0.0833. The molecule has 33 heavy (non-hydrogen) atoms. The molecule has 0 aliphatic carbocycles. The van der Waals surface area contributed by atoms with E-state index in [9.17, 15) is 22.8 Å². The maximum atomic E-state index is 14.5. The molecule has 0 bridgehead atoms. The Bertz CT molecular complexity index is 1290. The van der Waals surface area contributed by atoms with Crippen LogP contribution < -0.4 is 19.7 Å². The van der Waals surface area contributed by atoms with Crippen molar-refractivity contribution in [1.29, 1.82) is 0 Å². The van der Waals surface area contributed by atoms with Crippen LogP contribution in [-0.2, 0) is 9.59 Å².